The first-order valence-electron chi connectivity index (χ1n) is 12.3. The molecule has 212 valence electrons. The first kappa shape index (κ1) is 30.0. The second-order valence-electron chi connectivity index (χ2n) is 8.74. The molecule has 2 N–H and O–H groups in total. The van der Waals surface area contributed by atoms with Crippen molar-refractivity contribution in [2.24, 2.45) is 5.10 Å². The second kappa shape index (κ2) is 14.0. The van der Waals surface area contributed by atoms with Gasteiger partial charge in [0.1, 0.15) is 23.8 Å². The highest BCUT2D eigenvalue weighted by Crippen LogP contribution is 2.35. The van der Waals surface area contributed by atoms with Gasteiger partial charge in [0.2, 0.25) is 0 Å². The highest BCUT2D eigenvalue weighted by molar-refractivity contribution is 7.92. The second-order valence-corrected chi connectivity index (χ2v) is 10.6. The molecule has 2 amide bonds. The van der Waals surface area contributed by atoms with Crippen molar-refractivity contribution in [3.63, 3.8) is 0 Å². The van der Waals surface area contributed by atoms with Crippen LogP contribution < -0.4 is 29.3 Å². The average Bonchev–Trinajstić information content (AvgIpc) is 2.95. The molecule has 3 rings (SSSR count). The van der Waals surface area contributed by atoms with Gasteiger partial charge in [-0.3, -0.25) is 13.9 Å². The third kappa shape index (κ3) is 8.21. The maximum absolute atomic E-state index is 13.6. The lowest BCUT2D eigenvalue weighted by Crippen LogP contribution is -2.39. The van der Waals surface area contributed by atoms with Gasteiger partial charge >= 0.3 is 0 Å². The summed E-state index contributed by atoms with van der Waals surface area (Å²) in [5.41, 5.74) is 3.13. The predicted molar refractivity (Wildman–Crippen MR) is 151 cm³/mol. The Morgan fingerprint density at radius 3 is 2.23 bits per heavy atom. The molecule has 0 aliphatic carbocycles. The van der Waals surface area contributed by atoms with E-state index in [9.17, 15) is 18.0 Å². The number of hydrazone groups is 1. The lowest BCUT2D eigenvalue weighted by molar-refractivity contribution is -0.123. The van der Waals surface area contributed by atoms with Crippen LogP contribution in [0.5, 0.6) is 17.2 Å². The van der Waals surface area contributed by atoms with E-state index in [1.165, 1.54) is 38.6 Å². The fourth-order valence-corrected chi connectivity index (χ4v) is 4.96. The molecule has 0 bridgehead atoms. The van der Waals surface area contributed by atoms with Crippen LogP contribution in [0.2, 0.25) is 0 Å². The number of anilines is 1. The number of methoxy groups -OCH3 is 2. The Hall–Kier alpha value is -4.58. The number of hydrogen-bond acceptors (Lipinski definition) is 8. The third-order valence-electron chi connectivity index (χ3n) is 5.38. The van der Waals surface area contributed by atoms with Crippen LogP contribution in [0.1, 0.15) is 19.4 Å². The van der Waals surface area contributed by atoms with E-state index in [1.807, 2.05) is 13.8 Å². The monoisotopic (exact) mass is 568 g/mol. The van der Waals surface area contributed by atoms with E-state index < -0.39 is 22.5 Å². The molecule has 0 saturated heterocycles. The van der Waals surface area contributed by atoms with Crippen LogP contribution in [-0.2, 0) is 19.6 Å². The first-order valence-corrected chi connectivity index (χ1v) is 13.7. The topological polar surface area (TPSA) is 136 Å². The van der Waals surface area contributed by atoms with Crippen molar-refractivity contribution in [2.75, 3.05) is 31.7 Å². The Balaban J connectivity index is 1.74. The third-order valence-corrected chi connectivity index (χ3v) is 7.15. The molecule has 0 radical (unpaired) electrons. The van der Waals surface area contributed by atoms with Crippen molar-refractivity contribution in [1.82, 2.24) is 10.7 Å². The Bertz CT molecular complexity index is 1430. The first-order chi connectivity index (χ1) is 19.1. The number of carbonyl (C=O) groups is 2. The van der Waals surface area contributed by atoms with Crippen LogP contribution >= 0.6 is 0 Å². The van der Waals surface area contributed by atoms with Gasteiger partial charge < -0.3 is 19.5 Å². The van der Waals surface area contributed by atoms with Crippen LogP contribution in [-0.4, -0.2) is 59.9 Å². The van der Waals surface area contributed by atoms with Gasteiger partial charge in [-0.25, -0.2) is 13.8 Å². The average molecular weight is 569 g/mol. The minimum absolute atomic E-state index is 0.000157. The summed E-state index contributed by atoms with van der Waals surface area (Å²) in [6.07, 6.45) is 1.40. The zero-order valence-electron chi connectivity index (χ0n) is 22.7. The lowest BCUT2D eigenvalue weighted by Gasteiger charge is -2.25. The summed E-state index contributed by atoms with van der Waals surface area (Å²) in [5, 5.41) is 6.69. The standard InChI is InChI=1S/C28H32N4O7S/c1-20(2)30-28(34)19-39-22-12-10-21(11-13-22)17-29-31-27(33)18-32(40(35,36)24-8-6-5-7-9-24)25-16-23(37-3)14-15-26(25)38-4/h5-17,20H,18-19H2,1-4H3,(H,30,34)(H,31,33)/b29-17-. The van der Waals surface area contributed by atoms with E-state index in [1.54, 1.807) is 54.6 Å². The summed E-state index contributed by atoms with van der Waals surface area (Å²) in [4.78, 5) is 24.6. The van der Waals surface area contributed by atoms with Crippen molar-refractivity contribution >= 4 is 33.7 Å². The largest absolute Gasteiger partial charge is 0.497 e. The van der Waals surface area contributed by atoms with Gasteiger partial charge in [-0.1, -0.05) is 18.2 Å². The number of benzene rings is 3. The molecule has 0 spiro atoms. The number of rotatable bonds is 13. The molecule has 40 heavy (non-hydrogen) atoms. The maximum Gasteiger partial charge on any atom is 0.264 e. The fraction of sp³-hybridized carbons (Fsp3) is 0.250. The molecule has 0 heterocycles. The van der Waals surface area contributed by atoms with Gasteiger partial charge in [0, 0.05) is 12.1 Å². The zero-order valence-corrected chi connectivity index (χ0v) is 23.5. The summed E-state index contributed by atoms with van der Waals surface area (Å²) >= 11 is 0. The number of nitrogens with zero attached hydrogens (tertiary/aromatic N) is 2. The molecular formula is C28H32N4O7S. The zero-order chi connectivity index (χ0) is 29.1. The van der Waals surface area contributed by atoms with Gasteiger partial charge in [0.05, 0.1) is 31.0 Å². The molecule has 0 aliphatic heterocycles. The van der Waals surface area contributed by atoms with Crippen molar-refractivity contribution in [1.29, 1.82) is 0 Å². The Morgan fingerprint density at radius 1 is 0.925 bits per heavy atom. The molecular weight excluding hydrogens is 536 g/mol. The van der Waals surface area contributed by atoms with Crippen molar-refractivity contribution in [2.45, 2.75) is 24.8 Å². The van der Waals surface area contributed by atoms with E-state index in [0.717, 1.165) is 4.31 Å². The number of ether oxygens (including phenoxy) is 3. The van der Waals surface area contributed by atoms with Gasteiger partial charge in [0.15, 0.2) is 6.61 Å². The molecule has 3 aromatic rings. The number of nitrogens with one attached hydrogen (secondary N) is 2. The van der Waals surface area contributed by atoms with E-state index >= 15 is 0 Å². The molecule has 0 unspecified atom stereocenters. The summed E-state index contributed by atoms with van der Waals surface area (Å²) in [5.74, 6) is 0.208. The predicted octanol–water partition coefficient (Wildman–Crippen LogP) is 2.95. The Kier molecular flexibility index (Phi) is 10.5. The summed E-state index contributed by atoms with van der Waals surface area (Å²) in [6.45, 7) is 3.03. The molecule has 0 aromatic heterocycles. The molecule has 3 aromatic carbocycles. The van der Waals surface area contributed by atoms with E-state index in [2.05, 4.69) is 15.8 Å². The van der Waals surface area contributed by atoms with Crippen LogP contribution in [0.15, 0.2) is 82.8 Å². The summed E-state index contributed by atoms with van der Waals surface area (Å²) in [6, 6.07) is 19.1. The van der Waals surface area contributed by atoms with E-state index in [0.29, 0.717) is 17.1 Å². The Labute approximate surface area is 233 Å². The quantitative estimate of drug-likeness (QED) is 0.239. The molecule has 0 saturated carbocycles. The van der Waals surface area contributed by atoms with Crippen molar-refractivity contribution in [3.05, 3.63) is 78.4 Å². The van der Waals surface area contributed by atoms with Crippen molar-refractivity contribution < 1.29 is 32.2 Å². The van der Waals surface area contributed by atoms with Gasteiger partial charge in [0.25, 0.3) is 21.8 Å². The normalized spacial score (nSPS) is 11.2. The molecule has 0 fully saturated rings. The number of sulfonamides is 1. The van der Waals surface area contributed by atoms with Crippen LogP contribution in [0, 0.1) is 0 Å². The van der Waals surface area contributed by atoms with Crippen molar-refractivity contribution in [3.8, 4) is 17.2 Å². The van der Waals surface area contributed by atoms with Crippen LogP contribution in [0.25, 0.3) is 0 Å². The molecule has 11 nitrogen and oxygen atoms in total. The van der Waals surface area contributed by atoms with Crippen LogP contribution in [0.3, 0.4) is 0 Å². The van der Waals surface area contributed by atoms with Gasteiger partial charge in [-0.2, -0.15) is 5.10 Å². The fourth-order valence-electron chi connectivity index (χ4n) is 3.52. The number of amides is 2. The van der Waals surface area contributed by atoms with E-state index in [4.69, 9.17) is 14.2 Å². The van der Waals surface area contributed by atoms with E-state index in [-0.39, 0.29) is 34.9 Å². The number of carbonyl (C=O) groups excluding carboxylic acids is 2. The smallest absolute Gasteiger partial charge is 0.264 e. The van der Waals surface area contributed by atoms with Gasteiger partial charge in [-0.15, -0.1) is 0 Å². The Morgan fingerprint density at radius 2 is 1.60 bits per heavy atom. The minimum atomic E-state index is -4.16. The SMILES string of the molecule is COc1ccc(OC)c(N(CC(=O)N/N=C\c2ccc(OCC(=O)NC(C)C)cc2)S(=O)(=O)c2ccccc2)c1. The lowest BCUT2D eigenvalue weighted by atomic mass is 10.2. The minimum Gasteiger partial charge on any atom is -0.497 e. The highest BCUT2D eigenvalue weighted by Gasteiger charge is 2.29. The molecule has 0 aliphatic rings. The maximum atomic E-state index is 13.6. The highest BCUT2D eigenvalue weighted by atomic mass is 32.2. The molecule has 12 heteroatoms. The van der Waals surface area contributed by atoms with Crippen LogP contribution in [0.4, 0.5) is 5.69 Å². The van der Waals surface area contributed by atoms with Gasteiger partial charge in [-0.05, 0) is 67.9 Å². The number of hydrogen-bond donors (Lipinski definition) is 2. The summed E-state index contributed by atoms with van der Waals surface area (Å²) in [7, 11) is -1.31. The summed E-state index contributed by atoms with van der Waals surface area (Å²) < 4.78 is 44.2. The molecule has 0 atom stereocenters.